The second-order valence-corrected chi connectivity index (χ2v) is 9.21. The molecule has 37 heavy (non-hydrogen) atoms. The van der Waals surface area contributed by atoms with Gasteiger partial charge in [0.05, 0.1) is 6.04 Å². The molecule has 3 N–H and O–H groups in total. The number of carbonyl (C=O) groups excluding carboxylic acids is 3. The minimum absolute atomic E-state index is 0.169. The van der Waals surface area contributed by atoms with Gasteiger partial charge in [-0.3, -0.25) is 14.4 Å². The summed E-state index contributed by atoms with van der Waals surface area (Å²) >= 11 is 0. The van der Waals surface area contributed by atoms with Crippen molar-refractivity contribution in [1.82, 2.24) is 20.9 Å². The molecule has 0 saturated heterocycles. The van der Waals surface area contributed by atoms with Crippen molar-refractivity contribution in [2.75, 3.05) is 26.7 Å². The summed E-state index contributed by atoms with van der Waals surface area (Å²) in [5.41, 5.74) is 1.82. The summed E-state index contributed by atoms with van der Waals surface area (Å²) in [6.07, 6.45) is 5.54. The first-order valence-electron chi connectivity index (χ1n) is 12.9. The zero-order valence-corrected chi connectivity index (χ0v) is 21.9. The predicted molar refractivity (Wildman–Crippen MR) is 145 cm³/mol. The van der Waals surface area contributed by atoms with Crippen molar-refractivity contribution in [3.63, 3.8) is 0 Å². The average Bonchev–Trinajstić information content (AvgIpc) is 2.91. The van der Waals surface area contributed by atoms with Crippen molar-refractivity contribution >= 4 is 23.8 Å². The molecule has 0 bridgehead atoms. The highest BCUT2D eigenvalue weighted by molar-refractivity contribution is 5.93. The molecule has 198 valence electrons. The standard InChI is InChI=1S/C29H38N4O4/c1-4-11-24-29(36)33(3)21(2)27(34)32-25(20-22-12-6-5-7-13-22)28(35)31-17-10-15-23-14-8-9-16-26(23)37-19-18-30-24/h5-10,12-16,21,24-25,30H,4,11,17-20H2,1-3H3,(H,31,35)(H,32,34)/b15-10-/t21-,24+,25-/m1/s1. The van der Waals surface area contributed by atoms with E-state index in [4.69, 9.17) is 4.74 Å². The lowest BCUT2D eigenvalue weighted by Crippen LogP contribution is -2.56. The number of nitrogens with one attached hydrogen (secondary N) is 3. The van der Waals surface area contributed by atoms with Crippen molar-refractivity contribution in [3.05, 3.63) is 71.8 Å². The van der Waals surface area contributed by atoms with E-state index in [0.717, 1.165) is 23.3 Å². The van der Waals surface area contributed by atoms with Crippen LogP contribution in [-0.2, 0) is 20.8 Å². The average molecular weight is 507 g/mol. The molecule has 3 amide bonds. The Balaban J connectivity index is 1.86. The Morgan fingerprint density at radius 1 is 0.973 bits per heavy atom. The van der Waals surface area contributed by atoms with Gasteiger partial charge in [0, 0.05) is 32.1 Å². The van der Waals surface area contributed by atoms with Gasteiger partial charge >= 0.3 is 0 Å². The molecule has 1 aliphatic rings. The van der Waals surface area contributed by atoms with Gasteiger partial charge in [0.25, 0.3) is 0 Å². The van der Waals surface area contributed by atoms with E-state index in [1.807, 2.05) is 73.7 Å². The summed E-state index contributed by atoms with van der Waals surface area (Å²) in [6.45, 7) is 4.86. The number of nitrogens with zero attached hydrogens (tertiary/aromatic N) is 1. The summed E-state index contributed by atoms with van der Waals surface area (Å²) in [6, 6.07) is 15.2. The number of amides is 3. The molecule has 1 aliphatic heterocycles. The van der Waals surface area contributed by atoms with Crippen LogP contribution in [0.2, 0.25) is 0 Å². The number of hydrogen-bond acceptors (Lipinski definition) is 5. The lowest BCUT2D eigenvalue weighted by Gasteiger charge is -2.30. The normalized spacial score (nSPS) is 23.1. The van der Waals surface area contributed by atoms with Crippen LogP contribution in [0.4, 0.5) is 0 Å². The number of fused-ring (bicyclic) bond motifs is 1. The zero-order valence-electron chi connectivity index (χ0n) is 21.9. The Hall–Kier alpha value is -3.65. The van der Waals surface area contributed by atoms with Gasteiger partial charge in [-0.05, 0) is 25.0 Å². The summed E-state index contributed by atoms with van der Waals surface area (Å²) in [7, 11) is 1.62. The van der Waals surface area contributed by atoms with Crippen LogP contribution < -0.4 is 20.7 Å². The van der Waals surface area contributed by atoms with Gasteiger partial charge in [-0.25, -0.2) is 0 Å². The van der Waals surface area contributed by atoms with E-state index in [-0.39, 0.29) is 17.7 Å². The molecule has 0 saturated carbocycles. The van der Waals surface area contributed by atoms with Crippen LogP contribution in [0.5, 0.6) is 5.75 Å². The first-order valence-corrected chi connectivity index (χ1v) is 12.9. The van der Waals surface area contributed by atoms with Gasteiger partial charge in [-0.2, -0.15) is 0 Å². The maximum Gasteiger partial charge on any atom is 0.243 e. The Morgan fingerprint density at radius 3 is 2.46 bits per heavy atom. The maximum absolute atomic E-state index is 13.3. The second kappa shape index (κ2) is 14.2. The predicted octanol–water partition coefficient (Wildman–Crippen LogP) is 2.54. The van der Waals surface area contributed by atoms with E-state index >= 15 is 0 Å². The van der Waals surface area contributed by atoms with E-state index < -0.39 is 18.1 Å². The molecule has 0 aliphatic carbocycles. The minimum atomic E-state index is -0.784. The Kier molecular flexibility index (Phi) is 10.7. The monoisotopic (exact) mass is 506 g/mol. The number of benzene rings is 2. The van der Waals surface area contributed by atoms with Gasteiger partial charge in [-0.1, -0.05) is 74.0 Å². The molecule has 8 nitrogen and oxygen atoms in total. The second-order valence-electron chi connectivity index (χ2n) is 9.21. The molecule has 8 heteroatoms. The number of rotatable bonds is 4. The zero-order chi connectivity index (χ0) is 26.6. The minimum Gasteiger partial charge on any atom is -0.492 e. The van der Waals surface area contributed by atoms with Crippen LogP contribution in [0.3, 0.4) is 0 Å². The van der Waals surface area contributed by atoms with Crippen molar-refractivity contribution in [2.24, 2.45) is 0 Å². The number of likely N-dealkylation sites (N-methyl/N-ethyl adjacent to an activating group) is 1. The largest absolute Gasteiger partial charge is 0.492 e. The van der Waals surface area contributed by atoms with Gasteiger partial charge in [0.1, 0.15) is 24.4 Å². The van der Waals surface area contributed by atoms with Gasteiger partial charge < -0.3 is 25.6 Å². The highest BCUT2D eigenvalue weighted by Crippen LogP contribution is 2.19. The lowest BCUT2D eigenvalue weighted by atomic mass is 10.0. The van der Waals surface area contributed by atoms with Crippen molar-refractivity contribution in [3.8, 4) is 5.75 Å². The maximum atomic E-state index is 13.3. The van der Waals surface area contributed by atoms with E-state index in [0.29, 0.717) is 32.5 Å². The Labute approximate surface area is 219 Å². The number of ether oxygens (including phenoxy) is 1. The molecule has 3 rings (SSSR count). The third-order valence-electron chi connectivity index (χ3n) is 6.46. The highest BCUT2D eigenvalue weighted by atomic mass is 16.5. The number of carbonyl (C=O) groups is 3. The van der Waals surface area contributed by atoms with E-state index in [1.54, 1.807) is 14.0 Å². The third kappa shape index (κ3) is 8.18. The van der Waals surface area contributed by atoms with E-state index in [1.165, 1.54) is 4.90 Å². The van der Waals surface area contributed by atoms with Crippen LogP contribution in [0.25, 0.3) is 6.08 Å². The van der Waals surface area contributed by atoms with Crippen molar-refractivity contribution < 1.29 is 19.1 Å². The van der Waals surface area contributed by atoms with E-state index in [9.17, 15) is 14.4 Å². The van der Waals surface area contributed by atoms with Gasteiger partial charge in [0.2, 0.25) is 17.7 Å². The molecule has 3 atom stereocenters. The van der Waals surface area contributed by atoms with Crippen molar-refractivity contribution in [1.29, 1.82) is 0 Å². The molecule has 0 radical (unpaired) electrons. The first-order chi connectivity index (χ1) is 17.9. The fraction of sp³-hybridized carbons (Fsp3) is 0.414. The van der Waals surface area contributed by atoms with E-state index in [2.05, 4.69) is 16.0 Å². The highest BCUT2D eigenvalue weighted by Gasteiger charge is 2.30. The number of para-hydroxylation sites is 1. The van der Waals surface area contributed by atoms with Gasteiger partial charge in [-0.15, -0.1) is 0 Å². The fourth-order valence-electron chi connectivity index (χ4n) is 4.18. The van der Waals surface area contributed by atoms with Gasteiger partial charge in [0.15, 0.2) is 0 Å². The lowest BCUT2D eigenvalue weighted by molar-refractivity contribution is -0.141. The molecular formula is C29H38N4O4. The van der Waals surface area contributed by atoms with Crippen LogP contribution in [-0.4, -0.2) is 67.5 Å². The quantitative estimate of drug-likeness (QED) is 0.592. The molecule has 0 unspecified atom stereocenters. The summed E-state index contributed by atoms with van der Waals surface area (Å²) in [5.74, 6) is -0.111. The molecule has 0 spiro atoms. The smallest absolute Gasteiger partial charge is 0.243 e. The first kappa shape index (κ1) is 27.9. The van der Waals surface area contributed by atoms with Crippen molar-refractivity contribution in [2.45, 2.75) is 51.2 Å². The molecular weight excluding hydrogens is 468 g/mol. The third-order valence-corrected chi connectivity index (χ3v) is 6.46. The summed E-state index contributed by atoms with van der Waals surface area (Å²) in [4.78, 5) is 41.0. The number of hydrogen-bond donors (Lipinski definition) is 3. The molecule has 2 aromatic carbocycles. The SMILES string of the molecule is CCC[C@@H]1NCCOc2ccccc2/C=C\CNC(=O)[C@@H](Cc2ccccc2)NC(=O)[C@@H](C)N(C)C1=O. The summed E-state index contributed by atoms with van der Waals surface area (Å²) < 4.78 is 5.97. The van der Waals surface area contributed by atoms with Crippen LogP contribution >= 0.6 is 0 Å². The Morgan fingerprint density at radius 2 is 1.70 bits per heavy atom. The van der Waals surface area contributed by atoms with Crippen LogP contribution in [0.15, 0.2) is 60.7 Å². The Bertz CT molecular complexity index is 1070. The summed E-state index contributed by atoms with van der Waals surface area (Å²) in [5, 5.41) is 9.06. The fourth-order valence-corrected chi connectivity index (χ4v) is 4.18. The topological polar surface area (TPSA) is 99.8 Å². The molecule has 1 heterocycles. The molecule has 0 aromatic heterocycles. The van der Waals surface area contributed by atoms with Crippen LogP contribution in [0.1, 0.15) is 37.8 Å². The van der Waals surface area contributed by atoms with Crippen LogP contribution in [0, 0.1) is 0 Å². The molecule has 2 aromatic rings. The molecule has 0 fully saturated rings.